The van der Waals surface area contributed by atoms with Crippen LogP contribution >= 0.6 is 0 Å². The highest BCUT2D eigenvalue weighted by Crippen LogP contribution is 2.39. The normalized spacial score (nSPS) is 21.2. The highest BCUT2D eigenvalue weighted by Gasteiger charge is 2.43. The van der Waals surface area contributed by atoms with Crippen molar-refractivity contribution in [2.75, 3.05) is 18.0 Å². The molecule has 2 heterocycles. The standard InChI is InChI=1S/C27H27F3N4O5S/c28-27(29,30)39-19-11-13-20(14-12-19)40(37,38)32-21-15-33(26(31)36)16-24(25(21)35)34-22-7-3-1-5-17(22)9-10-18-6-2-4-8-23(18)34/h1-8,11-14,21,24-25,32,35H,9-10,15-16H2,(H2,31,36)/t21?,24?,25-/m0/s1. The predicted octanol–water partition coefficient (Wildman–Crippen LogP) is 3.29. The summed E-state index contributed by atoms with van der Waals surface area (Å²) in [6.45, 7) is -0.181. The number of nitrogens with zero attached hydrogens (tertiary/aromatic N) is 2. The average Bonchev–Trinajstić information content (AvgIpc) is 3.06. The van der Waals surface area contributed by atoms with Gasteiger partial charge in [-0.15, -0.1) is 13.2 Å². The number of nitrogens with two attached hydrogens (primary N) is 1. The Labute approximate surface area is 229 Å². The predicted molar refractivity (Wildman–Crippen MR) is 141 cm³/mol. The first kappa shape index (κ1) is 27.7. The zero-order chi connectivity index (χ0) is 28.7. The number of sulfonamides is 1. The molecule has 2 aliphatic rings. The van der Waals surface area contributed by atoms with E-state index in [9.17, 15) is 31.5 Å². The fraction of sp³-hybridized carbons (Fsp3) is 0.296. The molecule has 3 atom stereocenters. The van der Waals surface area contributed by atoms with Crippen LogP contribution in [0, 0.1) is 0 Å². The molecule has 4 N–H and O–H groups in total. The molecule has 13 heteroatoms. The van der Waals surface area contributed by atoms with Crippen molar-refractivity contribution in [3.63, 3.8) is 0 Å². The van der Waals surface area contributed by atoms with E-state index in [0.29, 0.717) is 0 Å². The molecular weight excluding hydrogens is 549 g/mol. The lowest BCUT2D eigenvalue weighted by Gasteiger charge is -2.46. The Hall–Kier alpha value is -3.81. The topological polar surface area (TPSA) is 125 Å². The average molecular weight is 577 g/mol. The van der Waals surface area contributed by atoms with Crippen molar-refractivity contribution in [3.05, 3.63) is 83.9 Å². The van der Waals surface area contributed by atoms with Crippen molar-refractivity contribution in [2.45, 2.75) is 42.3 Å². The van der Waals surface area contributed by atoms with Gasteiger partial charge in [0.15, 0.2) is 0 Å². The van der Waals surface area contributed by atoms with E-state index in [2.05, 4.69) is 9.46 Å². The number of ether oxygens (including phenoxy) is 1. The SMILES string of the molecule is NC(=O)N1CC(NS(=O)(=O)c2ccc(OC(F)(F)F)cc2)[C@H](O)C(N2c3ccccc3CCc3ccccc32)C1. The van der Waals surface area contributed by atoms with Crippen LogP contribution in [-0.2, 0) is 22.9 Å². The molecule has 9 nitrogen and oxygen atoms in total. The number of anilines is 2. The Morgan fingerprint density at radius 1 is 0.925 bits per heavy atom. The molecular formula is C27H27F3N4O5S. The van der Waals surface area contributed by atoms with Gasteiger partial charge in [-0.25, -0.2) is 17.9 Å². The molecule has 5 rings (SSSR count). The lowest BCUT2D eigenvalue weighted by Crippen LogP contribution is -2.66. The number of fused-ring (bicyclic) bond motifs is 2. The number of amides is 2. The molecule has 212 valence electrons. The maximum atomic E-state index is 13.2. The van der Waals surface area contributed by atoms with E-state index < -0.39 is 46.4 Å². The lowest BCUT2D eigenvalue weighted by molar-refractivity contribution is -0.274. The van der Waals surface area contributed by atoms with Crippen molar-refractivity contribution >= 4 is 27.4 Å². The van der Waals surface area contributed by atoms with Crippen LogP contribution in [0.25, 0.3) is 0 Å². The number of alkyl halides is 3. The molecule has 0 radical (unpaired) electrons. The minimum Gasteiger partial charge on any atom is -0.406 e. The maximum Gasteiger partial charge on any atom is 0.573 e. The van der Waals surface area contributed by atoms with Crippen LogP contribution in [0.15, 0.2) is 77.7 Å². The third-order valence-electron chi connectivity index (χ3n) is 7.11. The van der Waals surface area contributed by atoms with E-state index in [1.54, 1.807) is 0 Å². The number of hydrogen-bond acceptors (Lipinski definition) is 6. The van der Waals surface area contributed by atoms with Crippen LogP contribution in [0.2, 0.25) is 0 Å². The Morgan fingerprint density at radius 2 is 1.48 bits per heavy atom. The molecule has 2 aliphatic heterocycles. The van der Waals surface area contributed by atoms with Crippen molar-refractivity contribution in [3.8, 4) is 5.75 Å². The number of piperidine rings is 1. The maximum absolute atomic E-state index is 13.2. The van der Waals surface area contributed by atoms with E-state index in [1.165, 1.54) is 4.90 Å². The number of hydrogen-bond donors (Lipinski definition) is 3. The van der Waals surface area contributed by atoms with Gasteiger partial charge in [0.05, 0.1) is 23.1 Å². The number of benzene rings is 3. The van der Waals surface area contributed by atoms with Gasteiger partial charge >= 0.3 is 12.4 Å². The number of aliphatic hydroxyl groups is 1. The molecule has 0 aromatic heterocycles. The molecule has 3 aromatic rings. The van der Waals surface area contributed by atoms with Gasteiger partial charge in [0.2, 0.25) is 10.0 Å². The minimum atomic E-state index is -4.93. The van der Waals surface area contributed by atoms with Gasteiger partial charge in [-0.05, 0) is 60.4 Å². The van der Waals surface area contributed by atoms with Crippen LogP contribution in [0.3, 0.4) is 0 Å². The van der Waals surface area contributed by atoms with Gasteiger partial charge in [0.25, 0.3) is 0 Å². The summed E-state index contributed by atoms with van der Waals surface area (Å²) in [5.41, 5.74) is 9.34. The molecule has 0 aliphatic carbocycles. The van der Waals surface area contributed by atoms with Crippen molar-refractivity contribution in [1.82, 2.24) is 9.62 Å². The van der Waals surface area contributed by atoms with Crippen LogP contribution in [-0.4, -0.2) is 62.1 Å². The summed E-state index contributed by atoms with van der Waals surface area (Å²) in [6.07, 6.45) is -4.73. The van der Waals surface area contributed by atoms with Gasteiger partial charge < -0.3 is 25.4 Å². The number of carbonyl (C=O) groups is 1. The second kappa shape index (κ2) is 10.6. The molecule has 0 saturated carbocycles. The molecule has 3 aromatic carbocycles. The van der Waals surface area contributed by atoms with Crippen LogP contribution in [0.4, 0.5) is 29.3 Å². The smallest absolute Gasteiger partial charge is 0.406 e. The summed E-state index contributed by atoms with van der Waals surface area (Å²) < 4.78 is 70.2. The monoisotopic (exact) mass is 576 g/mol. The van der Waals surface area contributed by atoms with E-state index in [1.807, 2.05) is 53.4 Å². The fourth-order valence-corrected chi connectivity index (χ4v) is 6.54. The zero-order valence-electron chi connectivity index (χ0n) is 21.1. The van der Waals surface area contributed by atoms with Crippen molar-refractivity contribution < 1.29 is 36.2 Å². The number of nitrogens with one attached hydrogen (secondary N) is 1. The second-order valence-corrected chi connectivity index (χ2v) is 11.4. The molecule has 1 fully saturated rings. The molecule has 2 unspecified atom stereocenters. The third-order valence-corrected chi connectivity index (χ3v) is 8.62. The molecule has 40 heavy (non-hydrogen) atoms. The number of urea groups is 1. The van der Waals surface area contributed by atoms with E-state index in [0.717, 1.165) is 59.6 Å². The Morgan fingerprint density at radius 3 is 2.00 bits per heavy atom. The number of likely N-dealkylation sites (tertiary alicyclic amines) is 1. The number of carbonyl (C=O) groups excluding carboxylic acids is 1. The first-order valence-electron chi connectivity index (χ1n) is 12.5. The number of halogens is 3. The number of aliphatic hydroxyl groups excluding tert-OH is 1. The number of aryl methyl sites for hydroxylation is 2. The largest absolute Gasteiger partial charge is 0.573 e. The van der Waals surface area contributed by atoms with Crippen LogP contribution in [0.5, 0.6) is 5.75 Å². The third kappa shape index (κ3) is 5.71. The summed E-state index contributed by atoms with van der Waals surface area (Å²) in [6, 6.07) is 16.3. The van der Waals surface area contributed by atoms with Gasteiger partial charge in [0, 0.05) is 24.5 Å². The molecule has 2 amide bonds. The highest BCUT2D eigenvalue weighted by molar-refractivity contribution is 7.89. The van der Waals surface area contributed by atoms with E-state index in [-0.39, 0.29) is 18.0 Å². The number of para-hydroxylation sites is 2. The number of primary amides is 1. The highest BCUT2D eigenvalue weighted by atomic mass is 32.2. The summed E-state index contributed by atoms with van der Waals surface area (Å²) >= 11 is 0. The first-order valence-corrected chi connectivity index (χ1v) is 14.0. The van der Waals surface area contributed by atoms with Crippen LogP contribution in [0.1, 0.15) is 11.1 Å². The minimum absolute atomic E-state index is 0.0286. The summed E-state index contributed by atoms with van der Waals surface area (Å²) in [7, 11) is -4.33. The first-order chi connectivity index (χ1) is 18.9. The van der Waals surface area contributed by atoms with Crippen LogP contribution < -0.4 is 20.1 Å². The quantitative estimate of drug-likeness (QED) is 0.428. The Kier molecular flexibility index (Phi) is 7.38. The number of rotatable bonds is 5. The summed E-state index contributed by atoms with van der Waals surface area (Å²) in [4.78, 5) is 15.2. The molecule has 1 saturated heterocycles. The second-order valence-electron chi connectivity index (χ2n) is 9.68. The van der Waals surface area contributed by atoms with Gasteiger partial charge in [0.1, 0.15) is 5.75 Å². The molecule has 0 bridgehead atoms. The van der Waals surface area contributed by atoms with Gasteiger partial charge in [-0.2, -0.15) is 0 Å². The lowest BCUT2D eigenvalue weighted by atomic mass is 9.94. The Balaban J connectivity index is 1.49. The molecule has 0 spiro atoms. The Bertz CT molecular complexity index is 1450. The van der Waals surface area contributed by atoms with Crippen molar-refractivity contribution in [1.29, 1.82) is 0 Å². The van der Waals surface area contributed by atoms with Crippen molar-refractivity contribution in [2.24, 2.45) is 5.73 Å². The van der Waals surface area contributed by atoms with E-state index in [4.69, 9.17) is 5.73 Å². The van der Waals surface area contributed by atoms with E-state index >= 15 is 0 Å². The zero-order valence-corrected chi connectivity index (χ0v) is 21.9. The summed E-state index contributed by atoms with van der Waals surface area (Å²) in [5.74, 6) is -0.581. The summed E-state index contributed by atoms with van der Waals surface area (Å²) in [5, 5.41) is 11.6. The fourth-order valence-electron chi connectivity index (χ4n) is 5.30. The van der Waals surface area contributed by atoms with Gasteiger partial charge in [-0.3, -0.25) is 0 Å². The van der Waals surface area contributed by atoms with Gasteiger partial charge in [-0.1, -0.05) is 36.4 Å².